The molecule has 1 N–H and O–H groups in total. The third-order valence-corrected chi connectivity index (χ3v) is 6.07. The maximum Gasteiger partial charge on any atom is 0.143 e. The fourth-order valence-corrected chi connectivity index (χ4v) is 4.21. The minimum absolute atomic E-state index is 0.0371. The Balaban J connectivity index is 1.70. The second kappa shape index (κ2) is 9.71. The molecule has 0 amide bonds. The number of nitrogens with zero attached hydrogens (tertiary/aromatic N) is 2. The van der Waals surface area contributed by atoms with Gasteiger partial charge < -0.3 is 19.7 Å². The fourth-order valence-electron chi connectivity index (χ4n) is 4.21. The summed E-state index contributed by atoms with van der Waals surface area (Å²) >= 11 is 0. The van der Waals surface area contributed by atoms with E-state index in [1.165, 1.54) is 6.07 Å². The van der Waals surface area contributed by atoms with E-state index >= 15 is 0 Å². The summed E-state index contributed by atoms with van der Waals surface area (Å²) in [5, 5.41) is 3.63. The third-order valence-electron chi connectivity index (χ3n) is 6.07. The molecule has 0 aromatic heterocycles. The maximum atomic E-state index is 14.8. The Hall–Kier alpha value is -2.57. The molecule has 2 aromatic rings. The monoisotopic (exact) mass is 425 g/mol. The first-order valence-electron chi connectivity index (χ1n) is 11.1. The maximum absolute atomic E-state index is 14.8. The number of hydrogen-bond donors (Lipinski definition) is 1. The quantitative estimate of drug-likeness (QED) is 0.719. The van der Waals surface area contributed by atoms with Crippen molar-refractivity contribution < 1.29 is 13.9 Å². The van der Waals surface area contributed by atoms with Crippen LogP contribution in [0.15, 0.2) is 36.4 Å². The van der Waals surface area contributed by atoms with Crippen molar-refractivity contribution in [3.8, 4) is 11.5 Å². The molecule has 6 heteroatoms. The zero-order valence-electron chi connectivity index (χ0n) is 18.7. The average molecular weight is 426 g/mol. The van der Waals surface area contributed by atoms with Gasteiger partial charge in [-0.3, -0.25) is 4.90 Å². The van der Waals surface area contributed by atoms with Crippen molar-refractivity contribution in [1.82, 2.24) is 9.80 Å². The Morgan fingerprint density at radius 2 is 1.81 bits per heavy atom. The third kappa shape index (κ3) is 4.86. The Bertz CT molecular complexity index is 921. The van der Waals surface area contributed by atoms with Crippen LogP contribution < -0.4 is 14.8 Å². The highest BCUT2D eigenvalue weighted by atomic mass is 19.1. The molecule has 31 heavy (non-hydrogen) atoms. The first-order chi connectivity index (χ1) is 15.1. The summed E-state index contributed by atoms with van der Waals surface area (Å²) in [5.41, 5.74) is 3.47. The van der Waals surface area contributed by atoms with E-state index in [1.54, 1.807) is 13.2 Å². The highest BCUT2D eigenvalue weighted by Gasteiger charge is 2.28. The lowest BCUT2D eigenvalue weighted by atomic mass is 9.90. The van der Waals surface area contributed by atoms with Crippen LogP contribution in [0.1, 0.15) is 24.5 Å². The molecule has 0 aliphatic carbocycles. The number of rotatable bonds is 7. The highest BCUT2D eigenvalue weighted by molar-refractivity contribution is 5.94. The molecule has 0 radical (unpaired) electrons. The van der Waals surface area contributed by atoms with Gasteiger partial charge in [-0.15, -0.1) is 0 Å². The first kappa shape index (κ1) is 21.7. The normalized spacial score (nSPS) is 19.4. The van der Waals surface area contributed by atoms with Crippen LogP contribution in [0.5, 0.6) is 11.5 Å². The molecule has 166 valence electrons. The zero-order chi connectivity index (χ0) is 21.8. The van der Waals surface area contributed by atoms with Crippen molar-refractivity contribution in [1.29, 1.82) is 0 Å². The van der Waals surface area contributed by atoms with E-state index in [-0.39, 0.29) is 11.9 Å². The Labute approximate surface area is 184 Å². The molecular weight excluding hydrogens is 393 g/mol. The second-order valence-corrected chi connectivity index (χ2v) is 8.31. The molecule has 0 saturated carbocycles. The van der Waals surface area contributed by atoms with Crippen LogP contribution in [0.2, 0.25) is 0 Å². The number of ether oxygens (including phenoxy) is 2. The van der Waals surface area contributed by atoms with Gasteiger partial charge in [-0.25, -0.2) is 4.39 Å². The summed E-state index contributed by atoms with van der Waals surface area (Å²) in [6, 6.07) is 11.3. The second-order valence-electron chi connectivity index (χ2n) is 8.31. The van der Waals surface area contributed by atoms with Crippen LogP contribution in [0, 0.1) is 5.82 Å². The molecule has 1 fully saturated rings. The largest absolute Gasteiger partial charge is 0.497 e. The molecule has 1 atom stereocenters. The van der Waals surface area contributed by atoms with Gasteiger partial charge in [0.2, 0.25) is 0 Å². The van der Waals surface area contributed by atoms with Crippen LogP contribution in [0.25, 0.3) is 11.6 Å². The number of hydrogen-bond acceptors (Lipinski definition) is 5. The van der Waals surface area contributed by atoms with E-state index in [9.17, 15) is 4.39 Å². The molecule has 2 aliphatic rings. The van der Waals surface area contributed by atoms with Crippen molar-refractivity contribution in [3.05, 3.63) is 53.3 Å². The molecule has 2 aromatic carbocycles. The van der Waals surface area contributed by atoms with E-state index in [0.717, 1.165) is 61.7 Å². The van der Waals surface area contributed by atoms with Gasteiger partial charge >= 0.3 is 0 Å². The van der Waals surface area contributed by atoms with Gasteiger partial charge in [-0.1, -0.05) is 19.1 Å². The van der Waals surface area contributed by atoms with Gasteiger partial charge in [0.05, 0.1) is 25.4 Å². The summed E-state index contributed by atoms with van der Waals surface area (Å²) in [5.74, 6) is 1.28. The van der Waals surface area contributed by atoms with Crippen molar-refractivity contribution in [2.75, 3.05) is 58.8 Å². The van der Waals surface area contributed by atoms with E-state index < -0.39 is 0 Å². The predicted octanol–water partition coefficient (Wildman–Crippen LogP) is 4.21. The molecular formula is C25H32FN3O2. The number of piperazine rings is 1. The van der Waals surface area contributed by atoms with Crippen molar-refractivity contribution >= 4 is 17.3 Å². The van der Waals surface area contributed by atoms with Crippen LogP contribution in [-0.4, -0.2) is 69.3 Å². The minimum atomic E-state index is -0.240. The topological polar surface area (TPSA) is 37.0 Å². The van der Waals surface area contributed by atoms with Crippen LogP contribution >= 0.6 is 0 Å². The number of halogens is 1. The lowest BCUT2D eigenvalue weighted by molar-refractivity contribution is 0.154. The molecule has 0 spiro atoms. The van der Waals surface area contributed by atoms with E-state index in [0.29, 0.717) is 17.9 Å². The van der Waals surface area contributed by atoms with Crippen molar-refractivity contribution in [2.24, 2.45) is 0 Å². The molecule has 1 unspecified atom stereocenters. The summed E-state index contributed by atoms with van der Waals surface area (Å²) in [7, 11) is 3.82. The van der Waals surface area contributed by atoms with Gasteiger partial charge in [0.1, 0.15) is 17.3 Å². The Morgan fingerprint density at radius 1 is 1.06 bits per heavy atom. The van der Waals surface area contributed by atoms with Crippen molar-refractivity contribution in [2.45, 2.75) is 19.4 Å². The van der Waals surface area contributed by atoms with Gasteiger partial charge in [-0.2, -0.15) is 0 Å². The van der Waals surface area contributed by atoms with Crippen molar-refractivity contribution in [3.63, 3.8) is 0 Å². The first-order valence-corrected chi connectivity index (χ1v) is 11.1. The standard InChI is InChI=1S/C25H32FN3O2/c1-4-15-31-24-10-9-22(26)21-16-20(18-5-7-19(30-3)8-6-18)23(27-25(21)24)17-29-13-11-28(2)12-14-29/h5-10,16,23,27H,4,11-15,17H2,1-3H3. The highest BCUT2D eigenvalue weighted by Crippen LogP contribution is 2.40. The zero-order valence-corrected chi connectivity index (χ0v) is 18.7. The molecule has 1 saturated heterocycles. The van der Waals surface area contributed by atoms with Gasteiger partial charge in [0.15, 0.2) is 0 Å². The number of likely N-dealkylation sites (N-methyl/N-ethyl adjacent to an activating group) is 1. The van der Waals surface area contributed by atoms with Gasteiger partial charge in [0, 0.05) is 38.3 Å². The summed E-state index contributed by atoms with van der Waals surface area (Å²) in [6.45, 7) is 7.71. The summed E-state index contributed by atoms with van der Waals surface area (Å²) in [6.07, 6.45) is 2.90. The van der Waals surface area contributed by atoms with Crippen LogP contribution in [-0.2, 0) is 0 Å². The SMILES string of the molecule is CCCOc1ccc(F)c2c1NC(CN1CCN(C)CC1)C(c1ccc(OC)cc1)=C2. The molecule has 5 nitrogen and oxygen atoms in total. The molecule has 2 aliphatic heterocycles. The Kier molecular flexibility index (Phi) is 6.78. The minimum Gasteiger partial charge on any atom is -0.497 e. The predicted molar refractivity (Wildman–Crippen MR) is 124 cm³/mol. The van der Waals surface area contributed by atoms with E-state index in [2.05, 4.69) is 29.1 Å². The number of benzene rings is 2. The van der Waals surface area contributed by atoms with Gasteiger partial charge in [0.25, 0.3) is 0 Å². The smallest absolute Gasteiger partial charge is 0.143 e. The molecule has 0 bridgehead atoms. The van der Waals surface area contributed by atoms with Crippen LogP contribution in [0.4, 0.5) is 10.1 Å². The lowest BCUT2D eigenvalue weighted by Crippen LogP contribution is -2.48. The average Bonchev–Trinajstić information content (AvgIpc) is 2.80. The lowest BCUT2D eigenvalue weighted by Gasteiger charge is -2.37. The van der Waals surface area contributed by atoms with Crippen LogP contribution in [0.3, 0.4) is 0 Å². The van der Waals surface area contributed by atoms with E-state index in [4.69, 9.17) is 9.47 Å². The molecule has 2 heterocycles. The summed E-state index contributed by atoms with van der Waals surface area (Å²) < 4.78 is 26.1. The van der Waals surface area contributed by atoms with E-state index in [1.807, 2.05) is 30.3 Å². The number of anilines is 1. The molecule has 4 rings (SSSR count). The Morgan fingerprint density at radius 3 is 2.48 bits per heavy atom. The number of fused-ring (bicyclic) bond motifs is 1. The number of nitrogens with one attached hydrogen (secondary N) is 1. The number of methoxy groups -OCH3 is 1. The summed E-state index contributed by atoms with van der Waals surface area (Å²) in [4.78, 5) is 4.83. The van der Waals surface area contributed by atoms with Gasteiger partial charge in [-0.05, 0) is 54.9 Å². The fraction of sp³-hybridized carbons (Fsp3) is 0.440.